The number of carbonyl (C=O) groups excluding carboxylic acids is 1. The van der Waals surface area contributed by atoms with Gasteiger partial charge in [-0.3, -0.25) is 14.6 Å². The van der Waals surface area contributed by atoms with E-state index in [9.17, 15) is 13.2 Å². The van der Waals surface area contributed by atoms with Gasteiger partial charge in [-0.05, 0) is 61.7 Å². The number of piperidine rings is 1. The molecule has 1 N–H and O–H groups in total. The summed E-state index contributed by atoms with van der Waals surface area (Å²) in [5.74, 6) is 2.13. The number of hydrogen-bond acceptors (Lipinski definition) is 10. The number of nitrogens with one attached hydrogen (secondary N) is 1. The monoisotopic (exact) mass is 675 g/mol. The van der Waals surface area contributed by atoms with Crippen LogP contribution < -0.4 is 15.0 Å². The number of nitrogens with zero attached hydrogens (tertiary/aromatic N) is 6. The molecule has 0 bridgehead atoms. The largest absolute Gasteiger partial charge is 0.436 e. The summed E-state index contributed by atoms with van der Waals surface area (Å²) in [6.45, 7) is 8.31. The lowest BCUT2D eigenvalue weighted by atomic mass is 9.96. The third-order valence-corrected chi connectivity index (χ3v) is 9.40. The number of pyridine rings is 1. The number of piperazine rings is 1. The fraction of sp³-hybridized carbons (Fsp3) is 0.484. The normalized spacial score (nSPS) is 16.9. The molecule has 0 atom stereocenters. The van der Waals surface area contributed by atoms with Crippen LogP contribution in [0.3, 0.4) is 0 Å². The molecule has 2 aliphatic heterocycles. The van der Waals surface area contributed by atoms with Gasteiger partial charge in [0.2, 0.25) is 17.7 Å². The van der Waals surface area contributed by atoms with Gasteiger partial charge in [-0.1, -0.05) is 23.2 Å². The SMILES string of the molecule is CC(=O)NCC1CCN(Cc2cc(Oc3cnc(N4CCN(CCS(C)(=O)=O)CC4)nc3)nc(-c3cc(Cl)cc(Cl)c3)c2)CC1. The van der Waals surface area contributed by atoms with E-state index in [-0.39, 0.29) is 11.7 Å². The Morgan fingerprint density at radius 1 is 0.956 bits per heavy atom. The molecular weight excluding hydrogens is 637 g/mol. The molecule has 4 heterocycles. The minimum atomic E-state index is -2.98. The van der Waals surface area contributed by atoms with E-state index in [1.165, 1.54) is 6.26 Å². The summed E-state index contributed by atoms with van der Waals surface area (Å²) >= 11 is 12.6. The first-order chi connectivity index (χ1) is 21.5. The second-order valence-corrected chi connectivity index (χ2v) is 14.9. The number of carbonyl (C=O) groups is 1. The second kappa shape index (κ2) is 15.0. The number of amides is 1. The number of benzene rings is 1. The van der Waals surface area contributed by atoms with E-state index in [4.69, 9.17) is 32.9 Å². The average molecular weight is 677 g/mol. The van der Waals surface area contributed by atoms with Gasteiger partial charge in [0.1, 0.15) is 9.84 Å². The highest BCUT2D eigenvalue weighted by Crippen LogP contribution is 2.31. The lowest BCUT2D eigenvalue weighted by Crippen LogP contribution is -2.48. The molecule has 0 unspecified atom stereocenters. The minimum Gasteiger partial charge on any atom is -0.436 e. The fourth-order valence-corrected chi connectivity index (χ4v) is 6.68. The standard InChI is InChI=1S/C31H39Cl2N7O4S/c1-22(41)34-18-23-3-5-39(6-4-23)21-24-13-29(25-15-26(32)17-27(33)16-25)37-30(14-24)44-28-19-35-31(36-20-28)40-9-7-38(8-10-40)11-12-45(2,42)43/h13-17,19-20,23H,3-12,18,21H2,1-2H3,(H,34,41). The van der Waals surface area contributed by atoms with Gasteiger partial charge >= 0.3 is 0 Å². The zero-order valence-corrected chi connectivity index (χ0v) is 27.9. The van der Waals surface area contributed by atoms with Gasteiger partial charge in [0.25, 0.3) is 0 Å². The van der Waals surface area contributed by atoms with Crippen LogP contribution in [0.15, 0.2) is 42.7 Å². The van der Waals surface area contributed by atoms with Crippen LogP contribution in [0.5, 0.6) is 11.6 Å². The molecule has 0 saturated carbocycles. The third kappa shape index (κ3) is 10.2. The number of sulfone groups is 1. The molecule has 3 aromatic rings. The van der Waals surface area contributed by atoms with E-state index in [1.54, 1.807) is 25.4 Å². The molecule has 2 saturated heterocycles. The van der Waals surface area contributed by atoms with E-state index in [1.807, 2.05) is 24.3 Å². The molecule has 1 amide bonds. The molecule has 2 fully saturated rings. The van der Waals surface area contributed by atoms with Gasteiger partial charge in [0.15, 0.2) is 5.75 Å². The van der Waals surface area contributed by atoms with Crippen molar-refractivity contribution >= 4 is 44.9 Å². The lowest BCUT2D eigenvalue weighted by Gasteiger charge is -2.34. The van der Waals surface area contributed by atoms with Crippen molar-refractivity contribution in [3.05, 3.63) is 58.3 Å². The summed E-state index contributed by atoms with van der Waals surface area (Å²) < 4.78 is 29.2. The van der Waals surface area contributed by atoms with Crippen molar-refractivity contribution in [2.24, 2.45) is 5.92 Å². The van der Waals surface area contributed by atoms with Crippen molar-refractivity contribution in [2.45, 2.75) is 26.3 Å². The number of ether oxygens (including phenoxy) is 1. The summed E-state index contributed by atoms with van der Waals surface area (Å²) in [5.41, 5.74) is 2.52. The van der Waals surface area contributed by atoms with Crippen molar-refractivity contribution in [2.75, 3.05) is 69.3 Å². The fourth-order valence-electron chi connectivity index (χ4n) is 5.56. The smallest absolute Gasteiger partial charge is 0.225 e. The molecular formula is C31H39Cl2N7O4S. The number of anilines is 1. The Hall–Kier alpha value is -3.03. The van der Waals surface area contributed by atoms with E-state index in [0.717, 1.165) is 63.2 Å². The maximum atomic E-state index is 11.5. The molecule has 5 rings (SSSR count). The van der Waals surface area contributed by atoms with Crippen LogP contribution in [-0.2, 0) is 21.2 Å². The van der Waals surface area contributed by atoms with Crippen LogP contribution in [0.4, 0.5) is 5.95 Å². The van der Waals surface area contributed by atoms with Crippen molar-refractivity contribution in [3.63, 3.8) is 0 Å². The number of rotatable bonds is 11. The Kier molecular flexibility index (Phi) is 11.1. The number of likely N-dealkylation sites (tertiary alicyclic amines) is 1. The Morgan fingerprint density at radius 2 is 1.62 bits per heavy atom. The molecule has 0 spiro atoms. The Balaban J connectivity index is 1.26. The highest BCUT2D eigenvalue weighted by atomic mass is 35.5. The molecule has 0 aliphatic carbocycles. The maximum Gasteiger partial charge on any atom is 0.225 e. The van der Waals surface area contributed by atoms with Crippen LogP contribution in [0.2, 0.25) is 10.0 Å². The molecule has 2 aromatic heterocycles. The first kappa shape index (κ1) is 33.3. The summed E-state index contributed by atoms with van der Waals surface area (Å²) in [5, 5.41) is 3.98. The predicted molar refractivity (Wildman–Crippen MR) is 177 cm³/mol. The molecule has 45 heavy (non-hydrogen) atoms. The molecule has 242 valence electrons. The topological polar surface area (TPSA) is 121 Å². The Bertz CT molecular complexity index is 1560. The van der Waals surface area contributed by atoms with Gasteiger partial charge < -0.3 is 15.0 Å². The summed E-state index contributed by atoms with van der Waals surface area (Å²) in [6.07, 6.45) is 6.59. The molecule has 14 heteroatoms. The van der Waals surface area contributed by atoms with Crippen LogP contribution in [0.1, 0.15) is 25.3 Å². The zero-order valence-electron chi connectivity index (χ0n) is 25.6. The van der Waals surface area contributed by atoms with E-state index >= 15 is 0 Å². The van der Waals surface area contributed by atoms with Crippen molar-refractivity contribution in [1.29, 1.82) is 0 Å². The second-order valence-electron chi connectivity index (χ2n) is 11.8. The van der Waals surface area contributed by atoms with Crippen LogP contribution >= 0.6 is 23.2 Å². The van der Waals surface area contributed by atoms with Gasteiger partial charge in [-0.15, -0.1) is 0 Å². The summed E-state index contributed by atoms with van der Waals surface area (Å²) in [6, 6.07) is 9.31. The van der Waals surface area contributed by atoms with Crippen LogP contribution in [0.25, 0.3) is 11.3 Å². The first-order valence-electron chi connectivity index (χ1n) is 15.1. The maximum absolute atomic E-state index is 11.5. The average Bonchev–Trinajstić information content (AvgIpc) is 2.99. The van der Waals surface area contributed by atoms with Crippen molar-refractivity contribution in [1.82, 2.24) is 30.1 Å². The summed E-state index contributed by atoms with van der Waals surface area (Å²) in [7, 11) is -2.98. The highest BCUT2D eigenvalue weighted by Gasteiger charge is 2.22. The number of halogens is 2. The molecule has 2 aliphatic rings. The highest BCUT2D eigenvalue weighted by molar-refractivity contribution is 7.90. The number of aromatic nitrogens is 3. The van der Waals surface area contributed by atoms with Crippen LogP contribution in [-0.4, -0.2) is 103 Å². The first-order valence-corrected chi connectivity index (χ1v) is 17.9. The quantitative estimate of drug-likeness (QED) is 0.317. The molecule has 1 aromatic carbocycles. The van der Waals surface area contributed by atoms with E-state index in [2.05, 4.69) is 30.0 Å². The minimum absolute atomic E-state index is 0.0114. The third-order valence-electron chi connectivity index (χ3n) is 8.04. The summed E-state index contributed by atoms with van der Waals surface area (Å²) in [4.78, 5) is 31.8. The van der Waals surface area contributed by atoms with Crippen LogP contribution in [0, 0.1) is 5.92 Å². The van der Waals surface area contributed by atoms with Gasteiger partial charge in [-0.2, -0.15) is 0 Å². The zero-order chi connectivity index (χ0) is 32.0. The van der Waals surface area contributed by atoms with Crippen molar-refractivity contribution < 1.29 is 17.9 Å². The Labute approximate surface area is 274 Å². The van der Waals surface area contributed by atoms with Gasteiger partial charge in [0.05, 0.1) is 23.8 Å². The van der Waals surface area contributed by atoms with E-state index in [0.29, 0.717) is 58.9 Å². The van der Waals surface area contributed by atoms with Gasteiger partial charge in [0, 0.05) is 80.7 Å². The van der Waals surface area contributed by atoms with Gasteiger partial charge in [-0.25, -0.2) is 23.4 Å². The van der Waals surface area contributed by atoms with Crippen molar-refractivity contribution in [3.8, 4) is 22.9 Å². The molecule has 0 radical (unpaired) electrons. The number of hydrogen-bond donors (Lipinski definition) is 1. The van der Waals surface area contributed by atoms with E-state index < -0.39 is 9.84 Å². The molecule has 11 nitrogen and oxygen atoms in total. The lowest BCUT2D eigenvalue weighted by molar-refractivity contribution is -0.119. The predicted octanol–water partition coefficient (Wildman–Crippen LogP) is 4.15. The Morgan fingerprint density at radius 3 is 2.24 bits per heavy atom.